The lowest BCUT2D eigenvalue weighted by Gasteiger charge is -2.35. The maximum atomic E-state index is 13.2. The van der Waals surface area contributed by atoms with Crippen molar-refractivity contribution in [3.63, 3.8) is 0 Å². The molecule has 2 heterocycles. The van der Waals surface area contributed by atoms with Crippen molar-refractivity contribution in [2.45, 2.75) is 33.7 Å². The van der Waals surface area contributed by atoms with Gasteiger partial charge < -0.3 is 14.4 Å². The number of nitrogens with zero attached hydrogens (tertiary/aromatic N) is 2. The number of benzene rings is 1. The van der Waals surface area contributed by atoms with E-state index >= 15 is 0 Å². The van der Waals surface area contributed by atoms with Crippen molar-refractivity contribution in [1.82, 2.24) is 9.47 Å². The van der Waals surface area contributed by atoms with Crippen LogP contribution in [0.5, 0.6) is 0 Å². The quantitative estimate of drug-likeness (QED) is 0.573. The normalized spacial score (nSPS) is 19.2. The highest BCUT2D eigenvalue weighted by molar-refractivity contribution is 7.07. The number of esters is 2. The van der Waals surface area contributed by atoms with Crippen LogP contribution in [0.25, 0.3) is 12.2 Å². The Labute approximate surface area is 202 Å². The van der Waals surface area contributed by atoms with E-state index in [4.69, 9.17) is 9.47 Å². The summed E-state index contributed by atoms with van der Waals surface area (Å²) in [7, 11) is 1.31. The molecule has 8 nitrogen and oxygen atoms in total. The molecule has 1 aromatic carbocycles. The van der Waals surface area contributed by atoms with Crippen molar-refractivity contribution in [2.24, 2.45) is 11.8 Å². The number of amides is 1. The Morgan fingerprint density at radius 2 is 1.76 bits per heavy atom. The first-order chi connectivity index (χ1) is 16.2. The van der Waals surface area contributed by atoms with Gasteiger partial charge in [-0.3, -0.25) is 14.2 Å². The Balaban J connectivity index is 1.99. The van der Waals surface area contributed by atoms with Crippen molar-refractivity contribution in [1.29, 1.82) is 0 Å². The lowest BCUT2D eigenvalue weighted by Crippen LogP contribution is -2.46. The molecule has 2 atom stereocenters. The van der Waals surface area contributed by atoms with Gasteiger partial charge in [0, 0.05) is 13.1 Å². The van der Waals surface area contributed by atoms with E-state index in [1.165, 1.54) is 17.8 Å². The van der Waals surface area contributed by atoms with E-state index in [0.717, 1.165) is 17.8 Å². The van der Waals surface area contributed by atoms with Gasteiger partial charge in [0.1, 0.15) is 11.2 Å². The van der Waals surface area contributed by atoms with E-state index in [2.05, 4.69) is 13.8 Å². The van der Waals surface area contributed by atoms with Crippen LogP contribution in [-0.4, -0.2) is 54.1 Å². The van der Waals surface area contributed by atoms with E-state index in [0.29, 0.717) is 45.2 Å². The van der Waals surface area contributed by atoms with E-state index in [-0.39, 0.29) is 24.6 Å². The number of carbonyl (C=O) groups is 3. The molecule has 0 bridgehead atoms. The highest BCUT2D eigenvalue weighted by atomic mass is 32.1. The Hall–Kier alpha value is -3.20. The smallest absolute Gasteiger partial charge is 0.337 e. The van der Waals surface area contributed by atoms with Crippen LogP contribution in [0.15, 0.2) is 29.1 Å². The first-order valence-electron chi connectivity index (χ1n) is 11.3. The molecule has 0 radical (unpaired) electrons. The molecule has 34 heavy (non-hydrogen) atoms. The lowest BCUT2D eigenvalue weighted by molar-refractivity contribution is -0.136. The molecule has 0 saturated carbocycles. The van der Waals surface area contributed by atoms with Gasteiger partial charge >= 0.3 is 11.9 Å². The van der Waals surface area contributed by atoms with Crippen LogP contribution in [-0.2, 0) is 25.6 Å². The van der Waals surface area contributed by atoms with Crippen molar-refractivity contribution < 1.29 is 23.9 Å². The first kappa shape index (κ1) is 25.4. The molecule has 1 fully saturated rings. The fourth-order valence-electron chi connectivity index (χ4n) is 4.16. The summed E-state index contributed by atoms with van der Waals surface area (Å²) in [5.41, 5.74) is 0.741. The van der Waals surface area contributed by atoms with Crippen molar-refractivity contribution >= 4 is 41.3 Å². The van der Waals surface area contributed by atoms with Crippen LogP contribution < -0.4 is 14.8 Å². The number of ether oxygens (including phenoxy) is 2. The van der Waals surface area contributed by atoms with Gasteiger partial charge in [-0.25, -0.2) is 9.59 Å². The molecule has 0 spiro atoms. The summed E-state index contributed by atoms with van der Waals surface area (Å²) < 4.78 is 11.8. The Morgan fingerprint density at radius 3 is 2.35 bits per heavy atom. The number of aromatic nitrogens is 1. The summed E-state index contributed by atoms with van der Waals surface area (Å²) in [6, 6.07) is 6.62. The highest BCUT2D eigenvalue weighted by Gasteiger charge is 2.26. The maximum Gasteiger partial charge on any atom is 0.337 e. The maximum absolute atomic E-state index is 13.2. The van der Waals surface area contributed by atoms with Crippen molar-refractivity contribution in [3.8, 4) is 0 Å². The van der Waals surface area contributed by atoms with Crippen LogP contribution in [0.4, 0.5) is 0 Å². The van der Waals surface area contributed by atoms with Crippen LogP contribution >= 0.6 is 11.3 Å². The van der Waals surface area contributed by atoms with Gasteiger partial charge in [-0.2, -0.15) is 0 Å². The molecule has 1 amide bonds. The second-order valence-corrected chi connectivity index (χ2v) is 9.66. The van der Waals surface area contributed by atoms with Crippen LogP contribution in [0.2, 0.25) is 0 Å². The van der Waals surface area contributed by atoms with Gasteiger partial charge in [0.2, 0.25) is 5.91 Å². The Morgan fingerprint density at radius 1 is 1.12 bits per heavy atom. The minimum absolute atomic E-state index is 0.144. The third-order valence-electron chi connectivity index (χ3n) is 5.61. The number of thiazole rings is 1. The molecule has 1 saturated heterocycles. The average molecular weight is 487 g/mol. The lowest BCUT2D eigenvalue weighted by atomic mass is 9.92. The summed E-state index contributed by atoms with van der Waals surface area (Å²) >= 11 is 1.12. The van der Waals surface area contributed by atoms with Gasteiger partial charge in [-0.15, -0.1) is 11.3 Å². The van der Waals surface area contributed by atoms with E-state index in [1.807, 2.05) is 0 Å². The fraction of sp³-hybridized carbons (Fsp3) is 0.440. The largest absolute Gasteiger partial charge is 0.465 e. The number of methoxy groups -OCH3 is 1. The molecule has 0 aliphatic carbocycles. The summed E-state index contributed by atoms with van der Waals surface area (Å²) in [4.78, 5) is 51.8. The van der Waals surface area contributed by atoms with Crippen molar-refractivity contribution in [2.75, 3.05) is 26.8 Å². The molecular weight excluding hydrogens is 456 g/mol. The predicted octanol–water partition coefficient (Wildman–Crippen LogP) is 1.37. The second kappa shape index (κ2) is 11.3. The molecule has 0 unspecified atom stereocenters. The zero-order valence-electron chi connectivity index (χ0n) is 19.9. The molecule has 3 rings (SSSR count). The summed E-state index contributed by atoms with van der Waals surface area (Å²) in [5, 5.41) is 0. The predicted molar refractivity (Wildman–Crippen MR) is 130 cm³/mol. The van der Waals surface area contributed by atoms with Gasteiger partial charge in [0.15, 0.2) is 0 Å². The molecular formula is C25H30N2O6S. The monoisotopic (exact) mass is 486 g/mol. The number of hydrogen-bond donors (Lipinski definition) is 0. The van der Waals surface area contributed by atoms with Gasteiger partial charge in [0.25, 0.3) is 5.56 Å². The number of rotatable bonds is 6. The van der Waals surface area contributed by atoms with E-state index in [9.17, 15) is 19.2 Å². The topological polar surface area (TPSA) is 94.9 Å². The summed E-state index contributed by atoms with van der Waals surface area (Å²) in [6.07, 6.45) is 3.99. The van der Waals surface area contributed by atoms with Crippen LogP contribution in [0, 0.1) is 11.8 Å². The summed E-state index contributed by atoms with van der Waals surface area (Å²) in [6.45, 7) is 7.31. The number of carbonyl (C=O) groups excluding carboxylic acids is 3. The standard InChI is InChI=1S/C25H30N2O6S/c1-5-33-23(29)12-22-27(15-21(28)26-13-16(2)10-17(3)14-26)24(30)20(34-22)11-18-6-8-19(9-7-18)25(31)32-4/h6-9,11-12,16-17H,5,10,13-15H2,1-4H3/b20-11-,22-12-/t16-,17+. The molecule has 2 aromatic rings. The average Bonchev–Trinajstić information content (AvgIpc) is 3.07. The van der Waals surface area contributed by atoms with Gasteiger partial charge in [-0.1, -0.05) is 26.0 Å². The SMILES string of the molecule is CCOC(=O)/C=c1\s/c(=C\c2ccc(C(=O)OC)cc2)c(=O)n1CC(=O)N1C[C@H](C)C[C@H](C)C1. The number of hydrogen-bond acceptors (Lipinski definition) is 7. The summed E-state index contributed by atoms with van der Waals surface area (Å²) in [5.74, 6) is -0.371. The van der Waals surface area contributed by atoms with Crippen molar-refractivity contribution in [3.05, 3.63) is 54.9 Å². The number of piperidine rings is 1. The molecule has 9 heteroatoms. The third kappa shape index (κ3) is 6.22. The van der Waals surface area contributed by atoms with Crippen LogP contribution in [0.1, 0.15) is 43.1 Å². The molecule has 1 aliphatic heterocycles. The zero-order valence-corrected chi connectivity index (χ0v) is 20.7. The minimum atomic E-state index is -0.570. The zero-order chi connectivity index (χ0) is 24.8. The van der Waals surface area contributed by atoms with Crippen LogP contribution in [0.3, 0.4) is 0 Å². The minimum Gasteiger partial charge on any atom is -0.465 e. The Bertz CT molecular complexity index is 1220. The molecule has 182 valence electrons. The second-order valence-electron chi connectivity index (χ2n) is 8.59. The molecule has 1 aromatic heterocycles. The first-order valence-corrected chi connectivity index (χ1v) is 12.1. The highest BCUT2D eigenvalue weighted by Crippen LogP contribution is 2.21. The Kier molecular flexibility index (Phi) is 8.44. The molecule has 1 aliphatic rings. The fourth-order valence-corrected chi connectivity index (χ4v) is 5.19. The number of likely N-dealkylation sites (tertiary alicyclic amines) is 1. The van der Waals surface area contributed by atoms with Gasteiger partial charge in [0.05, 0.1) is 29.9 Å². The third-order valence-corrected chi connectivity index (χ3v) is 6.67. The molecule has 0 N–H and O–H groups in total. The van der Waals surface area contributed by atoms with Gasteiger partial charge in [-0.05, 0) is 49.0 Å². The van der Waals surface area contributed by atoms with E-state index in [1.54, 1.807) is 42.2 Å². The van der Waals surface area contributed by atoms with E-state index < -0.39 is 11.9 Å².